The first kappa shape index (κ1) is 19.0. The Kier molecular flexibility index (Phi) is 5.96. The van der Waals surface area contributed by atoms with Crippen LogP contribution in [0.15, 0.2) is 17.3 Å². The summed E-state index contributed by atoms with van der Waals surface area (Å²) in [7, 11) is 1.97. The lowest BCUT2D eigenvalue weighted by Gasteiger charge is -2.57. The van der Waals surface area contributed by atoms with Gasteiger partial charge in [-0.2, -0.15) is 5.10 Å². The maximum absolute atomic E-state index is 4.77. The van der Waals surface area contributed by atoms with Crippen molar-refractivity contribution in [3.8, 4) is 0 Å². The summed E-state index contributed by atoms with van der Waals surface area (Å²) in [6.45, 7) is 4.80. The Morgan fingerprint density at radius 2 is 1.84 bits per heavy atom. The Balaban J connectivity index is 0.00000182. The van der Waals surface area contributed by atoms with Gasteiger partial charge in [-0.15, -0.1) is 24.0 Å². The van der Waals surface area contributed by atoms with Crippen LogP contribution < -0.4 is 10.6 Å². The van der Waals surface area contributed by atoms with E-state index in [1.54, 1.807) is 0 Å². The molecular formula is C19H32IN5. The second-order valence-electron chi connectivity index (χ2n) is 8.41. The van der Waals surface area contributed by atoms with Crippen molar-refractivity contribution >= 4 is 29.9 Å². The third kappa shape index (κ3) is 4.14. The molecule has 25 heavy (non-hydrogen) atoms. The van der Waals surface area contributed by atoms with Crippen LogP contribution >= 0.6 is 24.0 Å². The summed E-state index contributed by atoms with van der Waals surface area (Å²) in [5.41, 5.74) is 1.68. The number of aliphatic imine (C=N–C) groups is 1. The molecule has 6 heteroatoms. The van der Waals surface area contributed by atoms with Crippen LogP contribution in [-0.2, 0) is 13.6 Å². The zero-order chi connectivity index (χ0) is 16.6. The molecule has 0 amide bonds. The number of aryl methyl sites for hydroxylation is 1. The Morgan fingerprint density at radius 1 is 1.20 bits per heavy atom. The van der Waals surface area contributed by atoms with Crippen LogP contribution in [0.4, 0.5) is 0 Å². The van der Waals surface area contributed by atoms with Gasteiger partial charge < -0.3 is 10.6 Å². The van der Waals surface area contributed by atoms with E-state index in [0.29, 0.717) is 12.0 Å². The van der Waals surface area contributed by atoms with Gasteiger partial charge in [0.1, 0.15) is 0 Å². The van der Waals surface area contributed by atoms with Gasteiger partial charge >= 0.3 is 0 Å². The van der Waals surface area contributed by atoms with E-state index in [1.807, 2.05) is 24.0 Å². The summed E-state index contributed by atoms with van der Waals surface area (Å²) in [4.78, 5) is 4.77. The third-order valence-electron chi connectivity index (χ3n) is 6.46. The Bertz CT molecular complexity index is 573. The molecule has 0 saturated heterocycles. The van der Waals surface area contributed by atoms with Crippen LogP contribution in [0.2, 0.25) is 0 Å². The van der Waals surface area contributed by atoms with Crippen molar-refractivity contribution in [1.29, 1.82) is 0 Å². The second kappa shape index (κ2) is 7.84. The summed E-state index contributed by atoms with van der Waals surface area (Å²) in [5.74, 6) is 3.97. The monoisotopic (exact) mass is 457 g/mol. The van der Waals surface area contributed by atoms with E-state index in [-0.39, 0.29) is 24.0 Å². The molecule has 4 saturated carbocycles. The third-order valence-corrected chi connectivity index (χ3v) is 6.46. The Hall–Kier alpha value is -0.790. The molecule has 0 atom stereocenters. The first-order chi connectivity index (χ1) is 11.7. The van der Waals surface area contributed by atoms with Gasteiger partial charge in [-0.3, -0.25) is 4.68 Å². The molecule has 1 aromatic heterocycles. The van der Waals surface area contributed by atoms with E-state index in [9.17, 15) is 0 Å². The van der Waals surface area contributed by atoms with Gasteiger partial charge in [0.15, 0.2) is 5.96 Å². The van der Waals surface area contributed by atoms with Gasteiger partial charge in [0.2, 0.25) is 0 Å². The lowest BCUT2D eigenvalue weighted by molar-refractivity contribution is -0.0492. The summed E-state index contributed by atoms with van der Waals surface area (Å²) < 4.78 is 1.89. The first-order valence-electron chi connectivity index (χ1n) is 9.65. The quantitative estimate of drug-likeness (QED) is 0.405. The van der Waals surface area contributed by atoms with Crippen LogP contribution in [-0.4, -0.2) is 28.8 Å². The standard InChI is InChI=1S/C19H31N5.HI/c1-3-20-18(21-12-17-4-5-23-24(17)2)22-13-19-9-14-6-15(10-19)8-16(7-14)11-19;/h4-5,14-16H,3,6-13H2,1-2H3,(H2,20,21,22);1H. The Morgan fingerprint density at radius 3 is 2.36 bits per heavy atom. The van der Waals surface area contributed by atoms with Crippen LogP contribution in [0.25, 0.3) is 0 Å². The van der Waals surface area contributed by atoms with E-state index in [2.05, 4.69) is 22.7 Å². The molecule has 140 valence electrons. The van der Waals surface area contributed by atoms with Crippen molar-refractivity contribution in [2.75, 3.05) is 13.1 Å². The SMILES string of the molecule is CCNC(=NCc1ccnn1C)NCC12CC3CC(CC(C3)C1)C2.I. The topological polar surface area (TPSA) is 54.2 Å². The molecule has 0 aromatic carbocycles. The summed E-state index contributed by atoms with van der Waals surface area (Å²) in [5, 5.41) is 11.3. The van der Waals surface area contributed by atoms with Crippen LogP contribution in [0.5, 0.6) is 0 Å². The molecule has 0 unspecified atom stereocenters. The van der Waals surface area contributed by atoms with E-state index in [4.69, 9.17) is 4.99 Å². The largest absolute Gasteiger partial charge is 0.357 e. The van der Waals surface area contributed by atoms with Crippen molar-refractivity contribution in [2.24, 2.45) is 35.2 Å². The fourth-order valence-corrected chi connectivity index (χ4v) is 5.84. The molecule has 4 aliphatic carbocycles. The smallest absolute Gasteiger partial charge is 0.191 e. The lowest BCUT2D eigenvalue weighted by atomic mass is 9.49. The second-order valence-corrected chi connectivity index (χ2v) is 8.41. The summed E-state index contributed by atoms with van der Waals surface area (Å²) in [6.07, 6.45) is 10.7. The number of hydrogen-bond acceptors (Lipinski definition) is 2. The molecule has 0 radical (unpaired) electrons. The van der Waals surface area contributed by atoms with Crippen molar-refractivity contribution < 1.29 is 0 Å². The van der Waals surface area contributed by atoms with Crippen LogP contribution in [0.3, 0.4) is 0 Å². The van der Waals surface area contributed by atoms with Gasteiger partial charge in [0.25, 0.3) is 0 Å². The number of halogens is 1. The maximum Gasteiger partial charge on any atom is 0.191 e. The van der Waals surface area contributed by atoms with Crippen molar-refractivity contribution in [3.05, 3.63) is 18.0 Å². The molecule has 5 nitrogen and oxygen atoms in total. The highest BCUT2D eigenvalue weighted by atomic mass is 127. The molecule has 1 aromatic rings. The number of aromatic nitrogens is 2. The average molecular weight is 457 g/mol. The van der Waals surface area contributed by atoms with Crippen LogP contribution in [0.1, 0.15) is 51.1 Å². The minimum atomic E-state index is 0. The van der Waals surface area contributed by atoms with Gasteiger partial charge in [-0.05, 0) is 74.7 Å². The highest BCUT2D eigenvalue weighted by Gasteiger charge is 2.50. The molecule has 1 heterocycles. The van der Waals surface area contributed by atoms with Gasteiger partial charge in [-0.1, -0.05) is 0 Å². The van der Waals surface area contributed by atoms with Crippen molar-refractivity contribution in [3.63, 3.8) is 0 Å². The number of rotatable bonds is 5. The zero-order valence-electron chi connectivity index (χ0n) is 15.5. The fourth-order valence-electron chi connectivity index (χ4n) is 5.84. The minimum Gasteiger partial charge on any atom is -0.357 e. The number of nitrogens with zero attached hydrogens (tertiary/aromatic N) is 3. The maximum atomic E-state index is 4.77. The molecule has 2 N–H and O–H groups in total. The van der Waals surface area contributed by atoms with Gasteiger partial charge in [0, 0.05) is 26.3 Å². The molecular weight excluding hydrogens is 425 g/mol. The molecule has 4 bridgehead atoms. The van der Waals surface area contributed by atoms with Crippen LogP contribution in [0, 0.1) is 23.2 Å². The molecule has 0 aliphatic heterocycles. The first-order valence-corrected chi connectivity index (χ1v) is 9.65. The zero-order valence-corrected chi connectivity index (χ0v) is 17.8. The van der Waals surface area contributed by atoms with E-state index in [1.165, 1.54) is 38.5 Å². The molecule has 0 spiro atoms. The molecule has 4 aliphatic rings. The van der Waals surface area contributed by atoms with Crippen molar-refractivity contribution in [2.45, 2.75) is 52.0 Å². The van der Waals surface area contributed by atoms with Gasteiger partial charge in [0.05, 0.1) is 12.2 Å². The highest BCUT2D eigenvalue weighted by molar-refractivity contribution is 14.0. The average Bonchev–Trinajstić information content (AvgIpc) is 2.94. The van der Waals surface area contributed by atoms with Crippen molar-refractivity contribution in [1.82, 2.24) is 20.4 Å². The summed E-state index contributed by atoms with van der Waals surface area (Å²) in [6, 6.07) is 2.03. The predicted molar refractivity (Wildman–Crippen MR) is 112 cm³/mol. The fraction of sp³-hybridized carbons (Fsp3) is 0.789. The van der Waals surface area contributed by atoms with Gasteiger partial charge in [-0.25, -0.2) is 4.99 Å². The summed E-state index contributed by atoms with van der Waals surface area (Å²) >= 11 is 0. The van der Waals surface area contributed by atoms with E-state index >= 15 is 0 Å². The number of hydrogen-bond donors (Lipinski definition) is 2. The normalized spacial score (nSPS) is 33.2. The minimum absolute atomic E-state index is 0. The molecule has 4 fully saturated rings. The predicted octanol–water partition coefficient (Wildman–Crippen LogP) is 3.31. The lowest BCUT2D eigenvalue weighted by Crippen LogP contribution is -2.52. The van der Waals surface area contributed by atoms with E-state index < -0.39 is 0 Å². The molecule has 5 rings (SSSR count). The number of nitrogens with one attached hydrogen (secondary N) is 2. The highest BCUT2D eigenvalue weighted by Crippen LogP contribution is 2.59. The number of guanidine groups is 1. The Labute approximate surface area is 168 Å². The van der Waals surface area contributed by atoms with E-state index in [0.717, 1.165) is 42.5 Å².